The van der Waals surface area contributed by atoms with Gasteiger partial charge in [-0.25, -0.2) is 23.3 Å². The highest BCUT2D eigenvalue weighted by molar-refractivity contribution is 6.29. The van der Waals surface area contributed by atoms with Crippen LogP contribution in [0.4, 0.5) is 14.7 Å². The Morgan fingerprint density at radius 1 is 1.23 bits per heavy atom. The van der Waals surface area contributed by atoms with E-state index in [9.17, 15) is 8.78 Å². The number of imidazole rings is 1. The molecule has 10 heteroatoms. The Balaban J connectivity index is 1.59. The number of anilines is 1. The molecule has 0 amide bonds. The highest BCUT2D eigenvalue weighted by atomic mass is 35.5. The van der Waals surface area contributed by atoms with Crippen molar-refractivity contribution >= 4 is 34.2 Å². The third-order valence-electron chi connectivity index (χ3n) is 4.40. The first-order valence-electron chi connectivity index (χ1n) is 7.99. The van der Waals surface area contributed by atoms with Gasteiger partial charge in [-0.15, -0.1) is 0 Å². The number of nitrogens with one attached hydrogen (secondary N) is 2. The molecule has 0 saturated heterocycles. The van der Waals surface area contributed by atoms with Crippen molar-refractivity contribution in [1.29, 1.82) is 0 Å². The van der Waals surface area contributed by atoms with Gasteiger partial charge in [0.15, 0.2) is 10.8 Å². The Kier molecular flexibility index (Phi) is 3.17. The maximum absolute atomic E-state index is 13.1. The van der Waals surface area contributed by atoms with Crippen LogP contribution in [0.5, 0.6) is 0 Å². The van der Waals surface area contributed by atoms with E-state index < -0.39 is 5.92 Å². The van der Waals surface area contributed by atoms with Gasteiger partial charge >= 0.3 is 0 Å². The van der Waals surface area contributed by atoms with Crippen molar-refractivity contribution < 1.29 is 8.78 Å². The second-order valence-corrected chi connectivity index (χ2v) is 6.70. The average molecular weight is 376 g/mol. The SMILES string of the molecule is FC1(F)CC(Nc2nc(-c3ccc4ncc(Cl)n4n3)c3cc[nH]c3n2)C1. The van der Waals surface area contributed by atoms with Crippen LogP contribution in [0.2, 0.25) is 5.15 Å². The summed E-state index contributed by atoms with van der Waals surface area (Å²) in [4.78, 5) is 16.0. The summed E-state index contributed by atoms with van der Waals surface area (Å²) in [6, 6.07) is 5.07. The Bertz CT molecular complexity index is 1130. The molecule has 7 nitrogen and oxygen atoms in total. The molecule has 0 unspecified atom stereocenters. The predicted molar refractivity (Wildman–Crippen MR) is 92.5 cm³/mol. The van der Waals surface area contributed by atoms with Crippen LogP contribution >= 0.6 is 11.6 Å². The van der Waals surface area contributed by atoms with Gasteiger partial charge in [0.05, 0.1) is 6.20 Å². The number of H-pyrrole nitrogens is 1. The van der Waals surface area contributed by atoms with Crippen LogP contribution in [0.25, 0.3) is 28.1 Å². The molecule has 26 heavy (non-hydrogen) atoms. The molecular weight excluding hydrogens is 364 g/mol. The number of fused-ring (bicyclic) bond motifs is 2. The third kappa shape index (κ3) is 2.47. The second kappa shape index (κ2) is 5.34. The molecule has 0 atom stereocenters. The zero-order chi connectivity index (χ0) is 17.9. The van der Waals surface area contributed by atoms with Crippen LogP contribution in [-0.2, 0) is 0 Å². The molecule has 1 aliphatic rings. The van der Waals surface area contributed by atoms with Gasteiger partial charge in [0.2, 0.25) is 5.95 Å². The molecule has 4 heterocycles. The zero-order valence-electron chi connectivity index (χ0n) is 13.2. The predicted octanol–water partition coefficient (Wildman–Crippen LogP) is 3.53. The number of hydrogen-bond donors (Lipinski definition) is 2. The zero-order valence-corrected chi connectivity index (χ0v) is 14.0. The minimum absolute atomic E-state index is 0.219. The van der Waals surface area contributed by atoms with Gasteiger partial charge in [0.25, 0.3) is 5.92 Å². The van der Waals surface area contributed by atoms with Gasteiger partial charge in [-0.05, 0) is 18.2 Å². The number of halogens is 3. The number of hydrogen-bond acceptors (Lipinski definition) is 5. The molecule has 0 bridgehead atoms. The van der Waals surface area contributed by atoms with Crippen LogP contribution in [0.3, 0.4) is 0 Å². The molecule has 4 aromatic rings. The van der Waals surface area contributed by atoms with Gasteiger partial charge in [0.1, 0.15) is 17.0 Å². The lowest BCUT2D eigenvalue weighted by Gasteiger charge is -2.35. The Hall–Kier alpha value is -2.81. The Morgan fingerprint density at radius 3 is 2.88 bits per heavy atom. The van der Waals surface area contributed by atoms with Gasteiger partial charge in [-0.3, -0.25) is 0 Å². The van der Waals surface area contributed by atoms with E-state index in [0.717, 1.165) is 5.39 Å². The largest absolute Gasteiger partial charge is 0.351 e. The van der Waals surface area contributed by atoms with Crippen molar-refractivity contribution in [3.63, 3.8) is 0 Å². The molecule has 0 aromatic carbocycles. The lowest BCUT2D eigenvalue weighted by molar-refractivity contribution is -0.0794. The first kappa shape index (κ1) is 15.4. The van der Waals surface area contributed by atoms with E-state index in [-0.39, 0.29) is 24.8 Å². The molecule has 0 radical (unpaired) electrons. The molecular formula is C16H12ClF2N7. The van der Waals surface area contributed by atoms with Crippen LogP contribution in [0, 0.1) is 0 Å². The van der Waals surface area contributed by atoms with Crippen molar-refractivity contribution in [3.05, 3.63) is 35.7 Å². The van der Waals surface area contributed by atoms with E-state index in [1.54, 1.807) is 18.3 Å². The topological polar surface area (TPSA) is 83.8 Å². The van der Waals surface area contributed by atoms with Crippen LogP contribution in [0.1, 0.15) is 12.8 Å². The number of alkyl halides is 2. The monoisotopic (exact) mass is 375 g/mol. The Labute approximate surface area is 150 Å². The Morgan fingerprint density at radius 2 is 2.08 bits per heavy atom. The van der Waals surface area contributed by atoms with Crippen molar-refractivity contribution in [1.82, 2.24) is 29.5 Å². The summed E-state index contributed by atoms with van der Waals surface area (Å²) >= 11 is 6.10. The number of aromatic amines is 1. The molecule has 1 aliphatic carbocycles. The van der Waals surface area contributed by atoms with Crippen molar-refractivity contribution in [2.24, 2.45) is 0 Å². The second-order valence-electron chi connectivity index (χ2n) is 6.31. The summed E-state index contributed by atoms with van der Waals surface area (Å²) in [6.45, 7) is 0. The normalized spacial score (nSPS) is 16.9. The van der Waals surface area contributed by atoms with Gasteiger partial charge in [0, 0.05) is 30.5 Å². The fraction of sp³-hybridized carbons (Fsp3) is 0.250. The lowest BCUT2D eigenvalue weighted by atomic mass is 9.88. The van der Waals surface area contributed by atoms with Crippen LogP contribution in [0.15, 0.2) is 30.6 Å². The minimum Gasteiger partial charge on any atom is -0.351 e. The maximum Gasteiger partial charge on any atom is 0.252 e. The van der Waals surface area contributed by atoms with E-state index in [1.807, 2.05) is 6.07 Å². The number of nitrogens with zero attached hydrogens (tertiary/aromatic N) is 5. The quantitative estimate of drug-likeness (QED) is 0.572. The van der Waals surface area contributed by atoms with E-state index in [1.165, 1.54) is 10.7 Å². The molecule has 5 rings (SSSR count). The lowest BCUT2D eigenvalue weighted by Crippen LogP contribution is -2.44. The summed E-state index contributed by atoms with van der Waals surface area (Å²) in [7, 11) is 0. The first-order chi connectivity index (χ1) is 12.5. The highest BCUT2D eigenvalue weighted by Gasteiger charge is 2.45. The number of aromatic nitrogens is 6. The van der Waals surface area contributed by atoms with Gasteiger partial charge in [-0.2, -0.15) is 10.1 Å². The molecule has 0 aliphatic heterocycles. The van der Waals surface area contributed by atoms with Crippen LogP contribution < -0.4 is 5.32 Å². The molecule has 1 fully saturated rings. The summed E-state index contributed by atoms with van der Waals surface area (Å²) in [5, 5.41) is 8.62. The third-order valence-corrected chi connectivity index (χ3v) is 4.66. The van der Waals surface area contributed by atoms with Gasteiger partial charge in [-0.1, -0.05) is 11.6 Å². The fourth-order valence-corrected chi connectivity index (χ4v) is 3.29. The van der Waals surface area contributed by atoms with E-state index in [0.29, 0.717) is 27.8 Å². The molecule has 1 saturated carbocycles. The van der Waals surface area contributed by atoms with Crippen molar-refractivity contribution in [2.45, 2.75) is 24.8 Å². The van der Waals surface area contributed by atoms with Gasteiger partial charge < -0.3 is 10.3 Å². The standard InChI is InChI=1S/C16H12ClF2N7/c17-11-7-21-12-2-1-10(25-26(11)12)13-9-3-4-20-14(9)24-15(23-13)22-8-5-16(18,19)6-8/h1-4,7-8H,5-6H2,(H2,20,22,23,24). The molecule has 2 N–H and O–H groups in total. The van der Waals surface area contributed by atoms with E-state index in [2.05, 4.69) is 30.4 Å². The van der Waals surface area contributed by atoms with E-state index in [4.69, 9.17) is 11.6 Å². The van der Waals surface area contributed by atoms with Crippen molar-refractivity contribution in [2.75, 3.05) is 5.32 Å². The first-order valence-corrected chi connectivity index (χ1v) is 8.36. The fourth-order valence-electron chi connectivity index (χ4n) is 3.12. The summed E-state index contributed by atoms with van der Waals surface area (Å²) in [6.07, 6.45) is 2.82. The maximum atomic E-state index is 13.1. The smallest absolute Gasteiger partial charge is 0.252 e. The summed E-state index contributed by atoms with van der Waals surface area (Å²) in [5.41, 5.74) is 2.37. The summed E-state index contributed by atoms with van der Waals surface area (Å²) < 4.78 is 27.7. The number of rotatable bonds is 3. The molecule has 4 aromatic heterocycles. The summed E-state index contributed by atoms with van der Waals surface area (Å²) in [5.74, 6) is -2.32. The van der Waals surface area contributed by atoms with E-state index >= 15 is 0 Å². The molecule has 0 spiro atoms. The highest BCUT2D eigenvalue weighted by Crippen LogP contribution is 2.39. The average Bonchev–Trinajstić information content (AvgIpc) is 3.19. The molecule has 132 valence electrons. The minimum atomic E-state index is -2.61. The van der Waals surface area contributed by atoms with Crippen molar-refractivity contribution in [3.8, 4) is 11.4 Å². The van der Waals surface area contributed by atoms with Crippen LogP contribution in [-0.4, -0.2) is 41.5 Å².